The van der Waals surface area contributed by atoms with Gasteiger partial charge in [-0.3, -0.25) is 0 Å². The number of aromatic carboxylic acids is 1. The predicted octanol–water partition coefficient (Wildman–Crippen LogP) is 4.12. The van der Waals surface area contributed by atoms with E-state index in [0.717, 1.165) is 11.1 Å². The molecule has 0 aromatic heterocycles. The van der Waals surface area contributed by atoms with Crippen LogP contribution < -0.4 is 0 Å². The number of aromatic hydroxyl groups is 1. The van der Waals surface area contributed by atoms with Crippen molar-refractivity contribution < 1.29 is 15.0 Å². The molecule has 0 amide bonds. The lowest BCUT2D eigenvalue weighted by Crippen LogP contribution is -1.93. The predicted molar refractivity (Wildman–Crippen MR) is 75.2 cm³/mol. The third-order valence-electron chi connectivity index (χ3n) is 3.07. The summed E-state index contributed by atoms with van der Waals surface area (Å²) in [5.74, 6) is -0.879. The van der Waals surface area contributed by atoms with Crippen LogP contribution in [0, 0.1) is 13.8 Å². The van der Waals surface area contributed by atoms with Crippen molar-refractivity contribution in [3.63, 3.8) is 0 Å². The largest absolute Gasteiger partial charge is 0.505 e. The number of azo groups is 1. The maximum atomic E-state index is 10.7. The second-order valence-corrected chi connectivity index (χ2v) is 4.43. The molecule has 2 N–H and O–H groups in total. The average molecular weight is 270 g/mol. The van der Waals surface area contributed by atoms with Gasteiger partial charge in [0.25, 0.3) is 0 Å². The van der Waals surface area contributed by atoms with E-state index in [9.17, 15) is 9.90 Å². The molecule has 2 aromatic rings. The highest BCUT2D eigenvalue weighted by atomic mass is 16.4. The van der Waals surface area contributed by atoms with Gasteiger partial charge in [0.15, 0.2) is 0 Å². The highest BCUT2D eigenvalue weighted by Crippen LogP contribution is 2.32. The van der Waals surface area contributed by atoms with Crippen LogP contribution in [0.2, 0.25) is 0 Å². The molecule has 0 spiro atoms. The number of benzene rings is 2. The second-order valence-electron chi connectivity index (χ2n) is 4.43. The fourth-order valence-corrected chi connectivity index (χ4v) is 1.65. The Balaban J connectivity index is 2.25. The summed E-state index contributed by atoms with van der Waals surface area (Å²) in [5.41, 5.74) is 2.84. The molecule has 5 nitrogen and oxygen atoms in total. The average Bonchev–Trinajstić information content (AvgIpc) is 2.44. The molecule has 0 aliphatic rings. The first-order valence-corrected chi connectivity index (χ1v) is 6.03. The zero-order valence-electron chi connectivity index (χ0n) is 11.2. The Morgan fingerprint density at radius 1 is 1.00 bits per heavy atom. The van der Waals surface area contributed by atoms with E-state index in [0.29, 0.717) is 11.4 Å². The smallest absolute Gasteiger partial charge is 0.335 e. The number of aryl methyl sites for hydroxylation is 1. The number of hydrogen-bond donors (Lipinski definition) is 2. The molecule has 0 heterocycles. The van der Waals surface area contributed by atoms with Crippen molar-refractivity contribution in [2.75, 3.05) is 0 Å². The van der Waals surface area contributed by atoms with Crippen LogP contribution in [0.25, 0.3) is 0 Å². The molecule has 0 saturated heterocycles. The van der Waals surface area contributed by atoms with Gasteiger partial charge < -0.3 is 10.2 Å². The molecule has 0 saturated carbocycles. The minimum Gasteiger partial charge on any atom is -0.505 e. The maximum Gasteiger partial charge on any atom is 0.335 e. The van der Waals surface area contributed by atoms with Crippen molar-refractivity contribution in [2.24, 2.45) is 10.2 Å². The number of phenols is 1. The van der Waals surface area contributed by atoms with E-state index in [4.69, 9.17) is 5.11 Å². The third kappa shape index (κ3) is 2.83. The lowest BCUT2D eigenvalue weighted by Gasteiger charge is -2.04. The molecule has 0 fully saturated rings. The summed E-state index contributed by atoms with van der Waals surface area (Å²) in [5, 5.41) is 26.7. The Hall–Kier alpha value is -2.69. The SMILES string of the molecule is Cc1ccc(N=Nc2ccc(C(=O)O)cc2)c(O)c1C. The summed E-state index contributed by atoms with van der Waals surface area (Å²) in [6.45, 7) is 3.71. The lowest BCUT2D eigenvalue weighted by molar-refractivity contribution is 0.0697. The highest BCUT2D eigenvalue weighted by molar-refractivity contribution is 5.87. The molecular weight excluding hydrogens is 256 g/mol. The van der Waals surface area contributed by atoms with E-state index in [1.54, 1.807) is 18.2 Å². The standard InChI is InChI=1S/C15H14N2O3/c1-9-3-8-13(14(18)10(9)2)17-16-12-6-4-11(5-7-12)15(19)20/h3-8,18H,1-2H3,(H,19,20). The van der Waals surface area contributed by atoms with Crippen molar-refractivity contribution >= 4 is 17.3 Å². The molecular formula is C15H14N2O3. The minimum absolute atomic E-state index is 0.107. The summed E-state index contributed by atoms with van der Waals surface area (Å²) < 4.78 is 0. The van der Waals surface area contributed by atoms with E-state index < -0.39 is 5.97 Å². The summed E-state index contributed by atoms with van der Waals surface area (Å²) in [4.78, 5) is 10.7. The van der Waals surface area contributed by atoms with Crippen molar-refractivity contribution in [1.82, 2.24) is 0 Å². The molecule has 0 unspecified atom stereocenters. The Kier molecular flexibility index (Phi) is 3.79. The Labute approximate surface area is 116 Å². The van der Waals surface area contributed by atoms with E-state index >= 15 is 0 Å². The van der Waals surface area contributed by atoms with Gasteiger partial charge in [-0.15, -0.1) is 5.11 Å². The van der Waals surface area contributed by atoms with E-state index in [-0.39, 0.29) is 11.3 Å². The number of carboxylic acids is 1. The first-order chi connectivity index (χ1) is 9.49. The number of carbonyl (C=O) groups is 1. The summed E-state index contributed by atoms with van der Waals surface area (Å²) in [6.07, 6.45) is 0. The van der Waals surface area contributed by atoms with Crippen molar-refractivity contribution in [2.45, 2.75) is 13.8 Å². The van der Waals surface area contributed by atoms with Crippen LogP contribution in [0.3, 0.4) is 0 Å². The van der Waals surface area contributed by atoms with Gasteiger partial charge in [-0.25, -0.2) is 4.79 Å². The van der Waals surface area contributed by atoms with Gasteiger partial charge in [0.1, 0.15) is 11.4 Å². The lowest BCUT2D eigenvalue weighted by atomic mass is 10.1. The topological polar surface area (TPSA) is 82.2 Å². The van der Waals surface area contributed by atoms with Crippen LogP contribution in [0.15, 0.2) is 46.6 Å². The van der Waals surface area contributed by atoms with Crippen molar-refractivity contribution in [3.8, 4) is 5.75 Å². The second kappa shape index (κ2) is 5.52. The normalized spacial score (nSPS) is 10.9. The zero-order chi connectivity index (χ0) is 14.7. The van der Waals surface area contributed by atoms with Crippen LogP contribution in [0.4, 0.5) is 11.4 Å². The monoisotopic (exact) mass is 270 g/mol. The van der Waals surface area contributed by atoms with Gasteiger partial charge in [-0.05, 0) is 55.3 Å². The number of rotatable bonds is 3. The van der Waals surface area contributed by atoms with Gasteiger partial charge in [0.2, 0.25) is 0 Å². The van der Waals surface area contributed by atoms with E-state index in [1.807, 2.05) is 19.9 Å². The van der Waals surface area contributed by atoms with Crippen LogP contribution in [0.1, 0.15) is 21.5 Å². The fraction of sp³-hybridized carbons (Fsp3) is 0.133. The molecule has 0 radical (unpaired) electrons. The molecule has 102 valence electrons. The summed E-state index contributed by atoms with van der Waals surface area (Å²) in [6, 6.07) is 9.58. The molecule has 0 atom stereocenters. The summed E-state index contributed by atoms with van der Waals surface area (Å²) >= 11 is 0. The summed E-state index contributed by atoms with van der Waals surface area (Å²) in [7, 11) is 0. The van der Waals surface area contributed by atoms with Gasteiger partial charge in [0, 0.05) is 0 Å². The van der Waals surface area contributed by atoms with E-state index in [1.165, 1.54) is 12.1 Å². The van der Waals surface area contributed by atoms with Crippen molar-refractivity contribution in [1.29, 1.82) is 0 Å². The Morgan fingerprint density at radius 3 is 2.25 bits per heavy atom. The molecule has 0 bridgehead atoms. The number of phenolic OH excluding ortho intramolecular Hbond substituents is 1. The third-order valence-corrected chi connectivity index (χ3v) is 3.07. The highest BCUT2D eigenvalue weighted by Gasteiger charge is 2.06. The van der Waals surface area contributed by atoms with Crippen LogP contribution in [0.5, 0.6) is 5.75 Å². The van der Waals surface area contributed by atoms with Gasteiger partial charge >= 0.3 is 5.97 Å². The molecule has 2 aromatic carbocycles. The number of hydrogen-bond acceptors (Lipinski definition) is 4. The van der Waals surface area contributed by atoms with Crippen molar-refractivity contribution in [3.05, 3.63) is 53.1 Å². The van der Waals surface area contributed by atoms with Crippen LogP contribution in [-0.2, 0) is 0 Å². The van der Waals surface area contributed by atoms with Crippen LogP contribution in [-0.4, -0.2) is 16.2 Å². The zero-order valence-corrected chi connectivity index (χ0v) is 11.2. The number of carboxylic acid groups (broad SMARTS) is 1. The fourth-order valence-electron chi connectivity index (χ4n) is 1.65. The first-order valence-electron chi connectivity index (χ1n) is 6.03. The first kappa shape index (κ1) is 13.7. The number of nitrogens with zero attached hydrogens (tertiary/aromatic N) is 2. The quantitative estimate of drug-likeness (QED) is 0.823. The van der Waals surface area contributed by atoms with Gasteiger partial charge in [0.05, 0.1) is 11.3 Å². The molecule has 2 rings (SSSR count). The van der Waals surface area contributed by atoms with Crippen LogP contribution >= 0.6 is 0 Å². The molecule has 0 aliphatic heterocycles. The Bertz CT molecular complexity index is 676. The maximum absolute atomic E-state index is 10.7. The van der Waals surface area contributed by atoms with Gasteiger partial charge in [-0.1, -0.05) is 6.07 Å². The minimum atomic E-state index is -0.986. The van der Waals surface area contributed by atoms with E-state index in [2.05, 4.69) is 10.2 Å². The Morgan fingerprint density at radius 2 is 1.65 bits per heavy atom. The van der Waals surface area contributed by atoms with Gasteiger partial charge in [-0.2, -0.15) is 5.11 Å². The molecule has 0 aliphatic carbocycles. The molecule has 20 heavy (non-hydrogen) atoms. The molecule has 5 heteroatoms.